The summed E-state index contributed by atoms with van der Waals surface area (Å²) in [5.41, 5.74) is 0.249. The third kappa shape index (κ3) is 5.18. The molecule has 8 heteroatoms. The smallest absolute Gasteiger partial charge is 0.270 e. The molecule has 1 amide bonds. The van der Waals surface area contributed by atoms with Crippen molar-refractivity contribution in [1.29, 1.82) is 0 Å². The fourth-order valence-corrected chi connectivity index (χ4v) is 5.56. The largest absolute Gasteiger partial charge is 0.386 e. The lowest BCUT2D eigenvalue weighted by Crippen LogP contribution is -2.21. The standard InChI is InChI=1S/C26H28F2N2O3S/c1-25(2,33)19-12-21-22(34-24(30-21)16-9-7-15(14-31)8-10-16)13-20(19)29-23(32)17-5-4-6-18(11-17)26(3,27)28/h4-6,11-16,33H,7-10H2,1-3H3,(H,29,32)/t15-,16-. The number of fused-ring (bicyclic) bond motifs is 1. The molecule has 1 aliphatic carbocycles. The van der Waals surface area contributed by atoms with Gasteiger partial charge in [-0.2, -0.15) is 0 Å². The molecule has 1 aromatic heterocycles. The van der Waals surface area contributed by atoms with E-state index >= 15 is 0 Å². The van der Waals surface area contributed by atoms with Crippen molar-refractivity contribution in [2.75, 3.05) is 5.32 Å². The highest BCUT2D eigenvalue weighted by Gasteiger charge is 2.28. The molecule has 34 heavy (non-hydrogen) atoms. The number of nitrogens with one attached hydrogen (secondary N) is 1. The van der Waals surface area contributed by atoms with Crippen molar-refractivity contribution in [2.24, 2.45) is 5.92 Å². The van der Waals surface area contributed by atoms with E-state index in [2.05, 4.69) is 5.32 Å². The molecule has 0 unspecified atom stereocenters. The first-order chi connectivity index (χ1) is 16.0. The van der Waals surface area contributed by atoms with Crippen molar-refractivity contribution in [2.45, 2.75) is 63.9 Å². The molecule has 180 valence electrons. The number of benzene rings is 2. The van der Waals surface area contributed by atoms with Crippen LogP contribution < -0.4 is 5.32 Å². The van der Waals surface area contributed by atoms with E-state index in [1.165, 1.54) is 24.3 Å². The van der Waals surface area contributed by atoms with E-state index in [0.717, 1.165) is 54.1 Å². The predicted molar refractivity (Wildman–Crippen MR) is 130 cm³/mol. The molecule has 3 aromatic rings. The summed E-state index contributed by atoms with van der Waals surface area (Å²) in [6, 6.07) is 8.93. The maximum atomic E-state index is 13.7. The van der Waals surface area contributed by atoms with Gasteiger partial charge in [0.05, 0.1) is 20.8 Å². The van der Waals surface area contributed by atoms with Crippen LogP contribution in [0.1, 0.15) is 78.9 Å². The second-order valence-corrected chi connectivity index (χ2v) is 10.7. The van der Waals surface area contributed by atoms with Gasteiger partial charge < -0.3 is 15.2 Å². The zero-order valence-electron chi connectivity index (χ0n) is 19.4. The van der Waals surface area contributed by atoms with Crippen LogP contribution in [0.4, 0.5) is 14.5 Å². The van der Waals surface area contributed by atoms with Crippen LogP contribution in [0.15, 0.2) is 36.4 Å². The van der Waals surface area contributed by atoms with Gasteiger partial charge in [-0.15, -0.1) is 11.3 Å². The van der Waals surface area contributed by atoms with Crippen molar-refractivity contribution >= 4 is 39.4 Å². The molecule has 1 heterocycles. The molecule has 0 aliphatic heterocycles. The van der Waals surface area contributed by atoms with Gasteiger partial charge >= 0.3 is 0 Å². The zero-order chi connectivity index (χ0) is 24.7. The van der Waals surface area contributed by atoms with Crippen LogP contribution in [0, 0.1) is 5.92 Å². The molecule has 4 rings (SSSR count). The number of nitrogens with zero attached hydrogens (tertiary/aromatic N) is 1. The fourth-order valence-electron chi connectivity index (χ4n) is 4.41. The summed E-state index contributed by atoms with van der Waals surface area (Å²) in [7, 11) is 0. The van der Waals surface area contributed by atoms with E-state index in [1.54, 1.807) is 37.3 Å². The number of rotatable bonds is 6. The van der Waals surface area contributed by atoms with Crippen LogP contribution in [-0.2, 0) is 16.3 Å². The molecule has 0 saturated heterocycles. The maximum Gasteiger partial charge on any atom is 0.270 e. The monoisotopic (exact) mass is 486 g/mol. The van der Waals surface area contributed by atoms with Crippen molar-refractivity contribution in [3.63, 3.8) is 0 Å². The van der Waals surface area contributed by atoms with Gasteiger partial charge in [0.2, 0.25) is 0 Å². The molecule has 0 radical (unpaired) electrons. The summed E-state index contributed by atoms with van der Waals surface area (Å²) < 4.78 is 28.3. The second kappa shape index (κ2) is 9.15. The van der Waals surface area contributed by atoms with Crippen molar-refractivity contribution < 1.29 is 23.5 Å². The predicted octanol–water partition coefficient (Wildman–Crippen LogP) is 6.36. The van der Waals surface area contributed by atoms with Gasteiger partial charge in [0.1, 0.15) is 6.29 Å². The number of hydrogen-bond donors (Lipinski definition) is 2. The van der Waals surface area contributed by atoms with Crippen LogP contribution in [0.5, 0.6) is 0 Å². The summed E-state index contributed by atoms with van der Waals surface area (Å²) in [6.45, 7) is 4.03. The molecule has 2 aromatic carbocycles. The minimum Gasteiger partial charge on any atom is -0.386 e. The lowest BCUT2D eigenvalue weighted by atomic mass is 9.83. The van der Waals surface area contributed by atoms with E-state index in [1.807, 2.05) is 0 Å². The number of aliphatic hydroxyl groups is 1. The lowest BCUT2D eigenvalue weighted by molar-refractivity contribution is -0.111. The molecule has 0 bridgehead atoms. The highest BCUT2D eigenvalue weighted by atomic mass is 32.1. The second-order valence-electron chi connectivity index (χ2n) is 9.65. The van der Waals surface area contributed by atoms with Crippen LogP contribution in [0.25, 0.3) is 10.2 Å². The maximum absolute atomic E-state index is 13.7. The van der Waals surface area contributed by atoms with E-state index < -0.39 is 17.4 Å². The number of carbonyl (C=O) groups is 2. The Morgan fingerprint density at radius 1 is 1.15 bits per heavy atom. The molecule has 1 fully saturated rings. The quantitative estimate of drug-likeness (QED) is 0.397. The number of hydrogen-bond acceptors (Lipinski definition) is 5. The fraction of sp³-hybridized carbons (Fsp3) is 0.423. The van der Waals surface area contributed by atoms with Crippen LogP contribution in [0.2, 0.25) is 0 Å². The number of carbonyl (C=O) groups excluding carboxylic acids is 2. The lowest BCUT2D eigenvalue weighted by Gasteiger charge is -2.23. The van der Waals surface area contributed by atoms with Crippen LogP contribution in [0.3, 0.4) is 0 Å². The van der Waals surface area contributed by atoms with Gasteiger partial charge in [-0.1, -0.05) is 12.1 Å². The number of halogens is 2. The van der Waals surface area contributed by atoms with Crippen molar-refractivity contribution in [3.8, 4) is 0 Å². The van der Waals surface area contributed by atoms with E-state index in [-0.39, 0.29) is 23.0 Å². The molecule has 0 atom stereocenters. The highest BCUT2D eigenvalue weighted by molar-refractivity contribution is 7.18. The summed E-state index contributed by atoms with van der Waals surface area (Å²) in [4.78, 5) is 28.8. The Morgan fingerprint density at radius 3 is 2.47 bits per heavy atom. The Kier molecular flexibility index (Phi) is 6.57. The SMILES string of the molecule is CC(C)(O)c1cc2nc([C@H]3CC[C@H](C=O)CC3)sc2cc1NC(=O)c1cccc(C(C)(F)F)c1. The van der Waals surface area contributed by atoms with Crippen LogP contribution in [-0.4, -0.2) is 22.3 Å². The van der Waals surface area contributed by atoms with Gasteiger partial charge in [-0.25, -0.2) is 13.8 Å². The van der Waals surface area contributed by atoms with E-state index in [9.17, 15) is 23.5 Å². The topological polar surface area (TPSA) is 79.3 Å². The van der Waals surface area contributed by atoms with Gasteiger partial charge in [-0.3, -0.25) is 4.79 Å². The number of amides is 1. The Bertz CT molecular complexity index is 1220. The molecular formula is C26H28F2N2O3S. The van der Waals surface area contributed by atoms with Crippen molar-refractivity contribution in [3.05, 3.63) is 58.1 Å². The molecule has 2 N–H and O–H groups in total. The first-order valence-corrected chi connectivity index (χ1v) is 12.2. The average molecular weight is 487 g/mol. The normalized spacial score (nSPS) is 19.2. The molecule has 0 spiro atoms. The molecular weight excluding hydrogens is 458 g/mol. The summed E-state index contributed by atoms with van der Waals surface area (Å²) >= 11 is 1.54. The van der Waals surface area contributed by atoms with E-state index in [4.69, 9.17) is 4.98 Å². The summed E-state index contributed by atoms with van der Waals surface area (Å²) in [6.07, 6.45) is 4.57. The summed E-state index contributed by atoms with van der Waals surface area (Å²) in [5.74, 6) is -3.18. The number of aromatic nitrogens is 1. The third-order valence-electron chi connectivity index (χ3n) is 6.40. The Morgan fingerprint density at radius 2 is 1.85 bits per heavy atom. The van der Waals surface area contributed by atoms with Gasteiger partial charge in [-0.05, 0) is 63.8 Å². The van der Waals surface area contributed by atoms with Gasteiger partial charge in [0.15, 0.2) is 0 Å². The minimum atomic E-state index is -3.06. The summed E-state index contributed by atoms with van der Waals surface area (Å²) in [5, 5.41) is 14.6. The zero-order valence-corrected chi connectivity index (χ0v) is 20.2. The van der Waals surface area contributed by atoms with Crippen LogP contribution >= 0.6 is 11.3 Å². The Hall–Kier alpha value is -2.71. The van der Waals surface area contributed by atoms with Crippen molar-refractivity contribution in [1.82, 2.24) is 4.98 Å². The molecule has 5 nitrogen and oxygen atoms in total. The van der Waals surface area contributed by atoms with Gasteiger partial charge in [0, 0.05) is 41.1 Å². The third-order valence-corrected chi connectivity index (χ3v) is 7.58. The highest BCUT2D eigenvalue weighted by Crippen LogP contribution is 2.41. The number of alkyl halides is 2. The number of thiazole rings is 1. The molecule has 1 saturated carbocycles. The minimum absolute atomic E-state index is 0.109. The van der Waals surface area contributed by atoms with E-state index in [0.29, 0.717) is 11.3 Å². The number of anilines is 1. The Balaban J connectivity index is 1.66. The van der Waals surface area contributed by atoms with Gasteiger partial charge in [0.25, 0.3) is 11.8 Å². The molecule has 1 aliphatic rings. The number of aldehydes is 1. The Labute approximate surface area is 201 Å². The first-order valence-electron chi connectivity index (χ1n) is 11.4. The average Bonchev–Trinajstić information content (AvgIpc) is 3.20. The first kappa shape index (κ1) is 24.4.